The molecule has 1 unspecified atom stereocenters. The number of benzene rings is 2. The molecule has 122 valence electrons. The van der Waals surface area contributed by atoms with Crippen LogP contribution >= 0.6 is 11.6 Å². The second-order valence-corrected chi connectivity index (χ2v) is 5.91. The Balaban J connectivity index is 1.61. The van der Waals surface area contributed by atoms with Crippen molar-refractivity contribution in [1.29, 1.82) is 0 Å². The largest absolute Gasteiger partial charge is 0.338 e. The van der Waals surface area contributed by atoms with Crippen molar-refractivity contribution in [3.8, 4) is 0 Å². The summed E-state index contributed by atoms with van der Waals surface area (Å²) in [6.07, 6.45) is 1.55. The van der Waals surface area contributed by atoms with E-state index in [9.17, 15) is 4.79 Å². The van der Waals surface area contributed by atoms with Gasteiger partial charge in [-0.2, -0.15) is 0 Å². The molecule has 0 spiro atoms. The summed E-state index contributed by atoms with van der Waals surface area (Å²) in [6, 6.07) is 17.4. The van der Waals surface area contributed by atoms with Crippen molar-refractivity contribution < 1.29 is 4.79 Å². The summed E-state index contributed by atoms with van der Waals surface area (Å²) >= 11 is 5.82. The fraction of sp³-hybridized carbons (Fsp3) is 0.278. The minimum absolute atomic E-state index is 0.0361. The number of nitrogens with one attached hydrogen (secondary N) is 2. The number of hydrogen-bond donors (Lipinski definition) is 3. The minimum atomic E-state index is -0.188. The number of halogens is 1. The van der Waals surface area contributed by atoms with E-state index in [-0.39, 0.29) is 12.1 Å². The highest BCUT2D eigenvalue weighted by atomic mass is 35.5. The molecule has 0 radical (unpaired) electrons. The van der Waals surface area contributed by atoms with Gasteiger partial charge >= 0.3 is 6.03 Å². The number of hydrogen-bond acceptors (Lipinski definition) is 2. The van der Waals surface area contributed by atoms with Crippen molar-refractivity contribution in [2.45, 2.75) is 25.4 Å². The highest BCUT2D eigenvalue weighted by molar-refractivity contribution is 6.30. The Morgan fingerprint density at radius 3 is 2.39 bits per heavy atom. The summed E-state index contributed by atoms with van der Waals surface area (Å²) in [6.45, 7) is 1.03. The number of carbonyl (C=O) groups excluding carboxylic acids is 1. The Bertz CT molecular complexity index is 601. The van der Waals surface area contributed by atoms with Crippen molar-refractivity contribution in [3.05, 3.63) is 70.7 Å². The lowest BCUT2D eigenvalue weighted by Crippen LogP contribution is -2.38. The van der Waals surface area contributed by atoms with Crippen LogP contribution < -0.4 is 16.4 Å². The van der Waals surface area contributed by atoms with E-state index in [1.165, 1.54) is 5.56 Å². The topological polar surface area (TPSA) is 67.1 Å². The van der Waals surface area contributed by atoms with Crippen LogP contribution in [0.3, 0.4) is 0 Å². The van der Waals surface area contributed by atoms with Crippen molar-refractivity contribution in [2.24, 2.45) is 5.73 Å². The number of carbonyl (C=O) groups is 1. The molecule has 23 heavy (non-hydrogen) atoms. The van der Waals surface area contributed by atoms with E-state index in [1.54, 1.807) is 12.1 Å². The van der Waals surface area contributed by atoms with Gasteiger partial charge in [0.1, 0.15) is 0 Å². The van der Waals surface area contributed by atoms with Crippen LogP contribution in [-0.4, -0.2) is 18.6 Å². The molecule has 0 saturated carbocycles. The molecule has 0 fully saturated rings. The summed E-state index contributed by atoms with van der Waals surface area (Å²) in [5.41, 5.74) is 8.31. The molecule has 2 rings (SSSR count). The maximum Gasteiger partial charge on any atom is 0.315 e. The second kappa shape index (κ2) is 9.18. The van der Waals surface area contributed by atoms with E-state index in [4.69, 9.17) is 17.3 Å². The highest BCUT2D eigenvalue weighted by Gasteiger charge is 2.05. The van der Waals surface area contributed by atoms with Crippen molar-refractivity contribution in [3.63, 3.8) is 0 Å². The van der Waals surface area contributed by atoms with Gasteiger partial charge in [-0.3, -0.25) is 0 Å². The van der Waals surface area contributed by atoms with Crippen LogP contribution in [0, 0.1) is 0 Å². The molecule has 2 amide bonds. The summed E-state index contributed by atoms with van der Waals surface area (Å²) in [7, 11) is 0. The average molecular weight is 332 g/mol. The third-order valence-electron chi connectivity index (χ3n) is 3.51. The van der Waals surface area contributed by atoms with Crippen molar-refractivity contribution >= 4 is 17.6 Å². The van der Waals surface area contributed by atoms with Crippen molar-refractivity contribution in [1.82, 2.24) is 10.6 Å². The van der Waals surface area contributed by atoms with E-state index in [0.29, 0.717) is 18.1 Å². The molecule has 2 aromatic carbocycles. The molecule has 1 atom stereocenters. The summed E-state index contributed by atoms with van der Waals surface area (Å²) in [5, 5.41) is 6.32. The molecule has 2 aromatic rings. The summed E-state index contributed by atoms with van der Waals surface area (Å²) < 4.78 is 0. The smallest absolute Gasteiger partial charge is 0.315 e. The second-order valence-electron chi connectivity index (χ2n) is 5.47. The fourth-order valence-corrected chi connectivity index (χ4v) is 2.36. The van der Waals surface area contributed by atoms with Gasteiger partial charge in [-0.1, -0.05) is 54.1 Å². The highest BCUT2D eigenvalue weighted by Crippen LogP contribution is 2.09. The Morgan fingerprint density at radius 1 is 1.00 bits per heavy atom. The quantitative estimate of drug-likeness (QED) is 0.729. The van der Waals surface area contributed by atoms with Crippen molar-refractivity contribution in [2.75, 3.05) is 6.54 Å². The fourth-order valence-electron chi connectivity index (χ4n) is 2.24. The van der Waals surface area contributed by atoms with Crippen LogP contribution in [0.5, 0.6) is 0 Å². The molecule has 0 aliphatic carbocycles. The van der Waals surface area contributed by atoms with E-state index in [1.807, 2.05) is 30.3 Å². The van der Waals surface area contributed by atoms with Gasteiger partial charge in [0.05, 0.1) is 0 Å². The Labute approximate surface area is 142 Å². The van der Waals surface area contributed by atoms with Gasteiger partial charge in [-0.05, 0) is 36.1 Å². The molecular formula is C18H22ClN3O. The van der Waals surface area contributed by atoms with Gasteiger partial charge in [0, 0.05) is 24.2 Å². The van der Waals surface area contributed by atoms with Gasteiger partial charge in [0.2, 0.25) is 0 Å². The molecule has 0 aromatic heterocycles. The Morgan fingerprint density at radius 2 is 1.70 bits per heavy atom. The Hall–Kier alpha value is -2.04. The lowest BCUT2D eigenvalue weighted by Gasteiger charge is -2.13. The van der Waals surface area contributed by atoms with Crippen LogP contribution in [0.15, 0.2) is 54.6 Å². The summed E-state index contributed by atoms with van der Waals surface area (Å²) in [4.78, 5) is 11.7. The van der Waals surface area contributed by atoms with Gasteiger partial charge in [0.15, 0.2) is 0 Å². The van der Waals surface area contributed by atoms with Crippen LogP contribution in [0.1, 0.15) is 17.5 Å². The van der Waals surface area contributed by atoms with Gasteiger partial charge in [-0.25, -0.2) is 4.79 Å². The average Bonchev–Trinajstić information content (AvgIpc) is 2.55. The van der Waals surface area contributed by atoms with Gasteiger partial charge in [-0.15, -0.1) is 0 Å². The minimum Gasteiger partial charge on any atom is -0.338 e. The maximum atomic E-state index is 11.7. The monoisotopic (exact) mass is 331 g/mol. The zero-order valence-electron chi connectivity index (χ0n) is 13.0. The van der Waals surface area contributed by atoms with E-state index in [2.05, 4.69) is 22.8 Å². The van der Waals surface area contributed by atoms with Gasteiger partial charge in [0.25, 0.3) is 0 Å². The molecule has 0 heterocycles. The normalized spacial score (nSPS) is 11.7. The molecule has 0 bridgehead atoms. The molecule has 4 N–H and O–H groups in total. The molecular weight excluding hydrogens is 310 g/mol. The predicted molar refractivity (Wildman–Crippen MR) is 94.4 cm³/mol. The predicted octanol–water partition coefficient (Wildman–Crippen LogP) is 3.10. The standard InChI is InChI=1S/C18H22ClN3O/c19-16-8-6-15(7-9-16)13-22-18(23)21-11-10-17(20)12-14-4-2-1-3-5-14/h1-9,17H,10-13,20H2,(H2,21,22,23). The third kappa shape index (κ3) is 6.72. The molecule has 0 aliphatic rings. The lowest BCUT2D eigenvalue weighted by atomic mass is 10.0. The Kier molecular flexibility index (Phi) is 6.91. The first-order valence-electron chi connectivity index (χ1n) is 7.69. The zero-order chi connectivity index (χ0) is 16.5. The number of nitrogens with two attached hydrogens (primary N) is 1. The number of urea groups is 1. The van der Waals surface area contributed by atoms with Gasteiger partial charge < -0.3 is 16.4 Å². The first-order valence-corrected chi connectivity index (χ1v) is 8.07. The molecule has 5 heteroatoms. The van der Waals surface area contributed by atoms with E-state index in [0.717, 1.165) is 18.4 Å². The molecule has 0 saturated heterocycles. The number of rotatable bonds is 7. The van der Waals surface area contributed by atoms with Crippen LogP contribution in [0.25, 0.3) is 0 Å². The first kappa shape index (κ1) is 17.3. The third-order valence-corrected chi connectivity index (χ3v) is 3.76. The summed E-state index contributed by atoms with van der Waals surface area (Å²) in [5.74, 6) is 0. The molecule has 0 aliphatic heterocycles. The lowest BCUT2D eigenvalue weighted by molar-refractivity contribution is 0.240. The first-order chi connectivity index (χ1) is 11.1. The zero-order valence-corrected chi connectivity index (χ0v) is 13.7. The van der Waals surface area contributed by atoms with E-state index >= 15 is 0 Å². The van der Waals surface area contributed by atoms with Crippen LogP contribution in [-0.2, 0) is 13.0 Å². The van der Waals surface area contributed by atoms with E-state index < -0.39 is 0 Å². The van der Waals surface area contributed by atoms with Crippen LogP contribution in [0.4, 0.5) is 4.79 Å². The number of amides is 2. The SMILES string of the molecule is NC(CCNC(=O)NCc1ccc(Cl)cc1)Cc1ccccc1. The maximum absolute atomic E-state index is 11.7. The molecule has 4 nitrogen and oxygen atoms in total. The van der Waals surface area contributed by atoms with Crippen LogP contribution in [0.2, 0.25) is 5.02 Å².